The van der Waals surface area contributed by atoms with Gasteiger partial charge in [0.2, 0.25) is 0 Å². The molecular formula is C56H56IrN4-2. The molecular weight excluding hydrogens is 921 g/mol. The molecule has 1 radical (unpaired) electrons. The number of pyridine rings is 1. The zero-order valence-electron chi connectivity index (χ0n) is 36.7. The first-order chi connectivity index (χ1) is 29.1. The van der Waals surface area contributed by atoms with E-state index < -0.39 is 0 Å². The largest absolute Gasteiger partial charge is 0.340 e. The van der Waals surface area contributed by atoms with Gasteiger partial charge in [0.25, 0.3) is 0 Å². The Balaban J connectivity index is 0.000000181. The first-order valence-electron chi connectivity index (χ1n) is 21.6. The van der Waals surface area contributed by atoms with Crippen LogP contribution in [0, 0.1) is 24.0 Å². The monoisotopic (exact) mass is 977 g/mol. The average Bonchev–Trinajstić information content (AvgIpc) is 3.93. The Labute approximate surface area is 376 Å². The van der Waals surface area contributed by atoms with Crippen molar-refractivity contribution in [2.24, 2.45) is 11.8 Å². The quantitative estimate of drug-likeness (QED) is 0.101. The molecule has 9 aromatic rings. The van der Waals surface area contributed by atoms with E-state index in [1.54, 1.807) is 0 Å². The van der Waals surface area contributed by atoms with Gasteiger partial charge in [-0.2, -0.15) is 0 Å². The van der Waals surface area contributed by atoms with Gasteiger partial charge in [-0.25, -0.2) is 0 Å². The summed E-state index contributed by atoms with van der Waals surface area (Å²) in [5, 5.41) is 3.53. The topological polar surface area (TPSA) is 35.1 Å². The zero-order valence-corrected chi connectivity index (χ0v) is 39.1. The first-order valence-corrected chi connectivity index (χ1v) is 21.6. The molecule has 311 valence electrons. The Kier molecular flexibility index (Phi) is 13.5. The van der Waals surface area contributed by atoms with Gasteiger partial charge in [0, 0.05) is 55.5 Å². The van der Waals surface area contributed by atoms with Gasteiger partial charge < -0.3 is 8.97 Å². The molecule has 5 heteroatoms. The second-order valence-corrected chi connectivity index (χ2v) is 17.5. The predicted molar refractivity (Wildman–Crippen MR) is 253 cm³/mol. The van der Waals surface area contributed by atoms with E-state index in [1.165, 1.54) is 60.9 Å². The summed E-state index contributed by atoms with van der Waals surface area (Å²) in [6.07, 6.45) is 8.31. The molecule has 0 amide bonds. The maximum Gasteiger partial charge on any atom is 0.0777 e. The summed E-state index contributed by atoms with van der Waals surface area (Å²) in [5.74, 6) is 2.91. The van der Waals surface area contributed by atoms with Crippen LogP contribution in [-0.2, 0) is 32.9 Å². The van der Waals surface area contributed by atoms with Crippen molar-refractivity contribution in [2.75, 3.05) is 0 Å². The first kappa shape index (κ1) is 43.5. The van der Waals surface area contributed by atoms with Crippen molar-refractivity contribution in [1.29, 1.82) is 0 Å². The molecule has 61 heavy (non-hydrogen) atoms. The average molecular weight is 977 g/mol. The third-order valence-corrected chi connectivity index (χ3v) is 11.3. The van der Waals surface area contributed by atoms with Crippen LogP contribution >= 0.6 is 0 Å². The molecule has 0 saturated carbocycles. The van der Waals surface area contributed by atoms with Crippen molar-refractivity contribution in [3.8, 4) is 39.5 Å². The van der Waals surface area contributed by atoms with Crippen LogP contribution in [0.5, 0.6) is 0 Å². The molecule has 0 unspecified atom stereocenters. The number of hydrogen-bond donors (Lipinski definition) is 0. The third kappa shape index (κ3) is 9.06. The third-order valence-electron chi connectivity index (χ3n) is 11.3. The van der Waals surface area contributed by atoms with Crippen molar-refractivity contribution >= 4 is 27.3 Å². The number of nitrogens with zero attached hydrogens (tertiary/aromatic N) is 4. The van der Waals surface area contributed by atoms with Crippen molar-refractivity contribution in [2.45, 2.75) is 80.1 Å². The Morgan fingerprint density at radius 1 is 0.607 bits per heavy atom. The van der Waals surface area contributed by atoms with Crippen LogP contribution in [0.1, 0.15) is 89.5 Å². The van der Waals surface area contributed by atoms with E-state index in [0.717, 1.165) is 41.0 Å². The van der Waals surface area contributed by atoms with Gasteiger partial charge in [-0.15, -0.1) is 65.5 Å². The van der Waals surface area contributed by atoms with Gasteiger partial charge in [0.1, 0.15) is 0 Å². The van der Waals surface area contributed by atoms with Crippen LogP contribution in [0.15, 0.2) is 146 Å². The molecule has 4 nitrogen and oxygen atoms in total. The number of imidazole rings is 2. The Bertz CT molecular complexity index is 2750. The molecule has 9 rings (SSSR count). The van der Waals surface area contributed by atoms with Gasteiger partial charge in [-0.3, -0.25) is 9.97 Å². The minimum absolute atomic E-state index is 0. The van der Waals surface area contributed by atoms with Gasteiger partial charge >= 0.3 is 0 Å². The van der Waals surface area contributed by atoms with Crippen LogP contribution in [0.25, 0.3) is 66.8 Å². The predicted octanol–water partition coefficient (Wildman–Crippen LogP) is 14.8. The molecule has 0 saturated heterocycles. The second-order valence-electron chi connectivity index (χ2n) is 17.5. The number of fused-ring (bicyclic) bond motifs is 6. The SMILES string of the molecule is CC(C)Cc1cccc(CC(C)C)c1-c1cn2c3ccccc3c3ccc[c-]c3c2n1.CC(C)c1cc(-c2ccccc2)cc(C(C)C)c1-n1ccnc1-c1[c-]cccc1.[Ir]. The number of benzene rings is 6. The number of para-hydroxylation sites is 1. The summed E-state index contributed by atoms with van der Waals surface area (Å²) < 4.78 is 4.50. The molecule has 0 aliphatic heterocycles. The number of rotatable bonds is 10. The summed E-state index contributed by atoms with van der Waals surface area (Å²) in [6.45, 7) is 18.2. The van der Waals surface area contributed by atoms with E-state index in [9.17, 15) is 0 Å². The number of hydrogen-bond acceptors (Lipinski definition) is 2. The van der Waals surface area contributed by atoms with Crippen LogP contribution in [0.4, 0.5) is 0 Å². The number of aromatic nitrogens is 4. The maximum atomic E-state index is 5.23. The molecule has 3 heterocycles. The molecule has 0 atom stereocenters. The standard InChI is InChI=1S/C29H29N2.C27H27N2.Ir/c1-19(2)16-21-10-9-11-22(17-20(3)4)28(21)26-18-31-27-15-8-7-13-24(27)23-12-5-6-14-25(23)29(31)30-26;1-19(2)24-17-23(21-11-7-5-8-12-21)18-25(20(3)4)26(24)29-16-15-28-27(29)22-13-9-6-10-14-22;/h5-13,15,18-20H,16-17H2,1-4H3;5-13,15-20H,1-4H3;/q2*-1;. The van der Waals surface area contributed by atoms with Crippen molar-refractivity contribution in [1.82, 2.24) is 18.9 Å². The fraction of sp³-hybridized carbons (Fsp3) is 0.250. The summed E-state index contributed by atoms with van der Waals surface area (Å²) in [5.41, 5.74) is 14.8. The summed E-state index contributed by atoms with van der Waals surface area (Å²) in [4.78, 5) is 9.90. The van der Waals surface area contributed by atoms with E-state index in [-0.39, 0.29) is 20.1 Å². The Morgan fingerprint density at radius 3 is 1.87 bits per heavy atom. The molecule has 0 N–H and O–H groups in total. The van der Waals surface area contributed by atoms with E-state index in [4.69, 9.17) is 4.98 Å². The van der Waals surface area contributed by atoms with E-state index in [0.29, 0.717) is 23.7 Å². The smallest absolute Gasteiger partial charge is 0.0777 e. The van der Waals surface area contributed by atoms with Crippen molar-refractivity contribution in [3.63, 3.8) is 0 Å². The Hall–Kier alpha value is -5.61. The minimum atomic E-state index is 0. The summed E-state index contributed by atoms with van der Waals surface area (Å²) in [7, 11) is 0. The van der Waals surface area contributed by atoms with Gasteiger partial charge in [0.15, 0.2) is 0 Å². The summed E-state index contributed by atoms with van der Waals surface area (Å²) >= 11 is 0. The minimum Gasteiger partial charge on any atom is -0.340 e. The van der Waals surface area contributed by atoms with Gasteiger partial charge in [0.05, 0.1) is 17.2 Å². The van der Waals surface area contributed by atoms with Crippen LogP contribution in [-0.4, -0.2) is 18.9 Å². The molecule has 0 fully saturated rings. The fourth-order valence-corrected chi connectivity index (χ4v) is 8.67. The molecule has 6 aromatic carbocycles. The molecule has 3 aromatic heterocycles. The van der Waals surface area contributed by atoms with E-state index in [1.807, 2.05) is 30.5 Å². The normalized spacial score (nSPS) is 11.5. The van der Waals surface area contributed by atoms with E-state index in [2.05, 4.69) is 197 Å². The van der Waals surface area contributed by atoms with Gasteiger partial charge in [-0.1, -0.05) is 128 Å². The molecule has 0 aliphatic carbocycles. The van der Waals surface area contributed by atoms with Crippen LogP contribution in [0.2, 0.25) is 0 Å². The summed E-state index contributed by atoms with van der Waals surface area (Å²) in [6, 6.07) is 51.8. The Morgan fingerprint density at radius 2 is 1.23 bits per heavy atom. The second kappa shape index (κ2) is 19.0. The van der Waals surface area contributed by atoms with Crippen LogP contribution < -0.4 is 0 Å². The molecule has 0 spiro atoms. The van der Waals surface area contributed by atoms with Crippen LogP contribution in [0.3, 0.4) is 0 Å². The molecule has 0 aliphatic rings. The van der Waals surface area contributed by atoms with Crippen molar-refractivity contribution in [3.05, 3.63) is 180 Å². The maximum absolute atomic E-state index is 5.23. The zero-order chi connectivity index (χ0) is 41.9. The molecule has 0 bridgehead atoms. The fourth-order valence-electron chi connectivity index (χ4n) is 8.67. The van der Waals surface area contributed by atoms with E-state index >= 15 is 0 Å². The van der Waals surface area contributed by atoms with Gasteiger partial charge in [-0.05, 0) is 93.5 Å². The van der Waals surface area contributed by atoms with Crippen molar-refractivity contribution < 1.29 is 20.1 Å².